The van der Waals surface area contributed by atoms with Gasteiger partial charge in [-0.3, -0.25) is 18.7 Å². The van der Waals surface area contributed by atoms with Gasteiger partial charge in [-0.05, 0) is 22.8 Å². The predicted molar refractivity (Wildman–Crippen MR) is 112 cm³/mol. The van der Waals surface area contributed by atoms with Crippen LogP contribution >= 0.6 is 0 Å². The summed E-state index contributed by atoms with van der Waals surface area (Å²) in [5.74, 6) is -0.295. The fourth-order valence-corrected chi connectivity index (χ4v) is 4.78. The molecule has 0 bridgehead atoms. The lowest BCUT2D eigenvalue weighted by Crippen LogP contribution is -2.46. The number of carbonyl (C=O) groups is 1. The normalized spacial score (nSPS) is 20.6. The lowest BCUT2D eigenvalue weighted by molar-refractivity contribution is -0.122. The third-order valence-corrected chi connectivity index (χ3v) is 6.20. The van der Waals surface area contributed by atoms with Crippen molar-refractivity contribution in [2.45, 2.75) is 18.8 Å². The molecule has 146 valence electrons. The molecule has 0 unspecified atom stereocenters. The van der Waals surface area contributed by atoms with Gasteiger partial charge in [0.25, 0.3) is 5.56 Å². The van der Waals surface area contributed by atoms with Crippen molar-refractivity contribution in [3.05, 3.63) is 86.2 Å². The Bertz CT molecular complexity index is 1320. The van der Waals surface area contributed by atoms with E-state index in [1.54, 1.807) is 7.05 Å². The van der Waals surface area contributed by atoms with E-state index in [0.717, 1.165) is 26.6 Å². The van der Waals surface area contributed by atoms with Crippen LogP contribution in [-0.2, 0) is 18.9 Å². The third kappa shape index (κ3) is 2.45. The van der Waals surface area contributed by atoms with Crippen molar-refractivity contribution in [3.63, 3.8) is 0 Å². The number of hydrogen-bond donors (Lipinski definition) is 1. The molecular weight excluding hydrogens is 366 g/mol. The van der Waals surface area contributed by atoms with Gasteiger partial charge in [0.15, 0.2) is 0 Å². The Morgan fingerprint density at radius 2 is 1.69 bits per heavy atom. The fraction of sp³-hybridized carbons (Fsp3) is 0.261. The zero-order valence-electron chi connectivity index (χ0n) is 16.3. The number of allylic oxidation sites excluding steroid dienone is 2. The first kappa shape index (κ1) is 17.7. The first-order valence-electron chi connectivity index (χ1n) is 9.76. The standard InChI is InChI=1S/C23H21N3O3/c1-25-21-20(22(28)26(2)23(25)29)18(19-16(24-21)11-6-12-17(19)27)15-10-5-8-13-7-3-4-9-14(13)15/h3-5,7-11,18-19,24H,6,12H2,1-2H3/t18-,19-/m0/s1. The van der Waals surface area contributed by atoms with Crippen molar-refractivity contribution < 1.29 is 4.79 Å². The highest BCUT2D eigenvalue weighted by Gasteiger charge is 2.43. The van der Waals surface area contributed by atoms with Crippen LogP contribution in [0.5, 0.6) is 0 Å². The molecule has 2 aromatic carbocycles. The number of anilines is 1. The smallest absolute Gasteiger partial charge is 0.332 e. The summed E-state index contributed by atoms with van der Waals surface area (Å²) in [5, 5.41) is 5.32. The lowest BCUT2D eigenvalue weighted by atomic mass is 9.71. The monoisotopic (exact) mass is 387 g/mol. The SMILES string of the molecule is Cn1c2c(c(=O)n(C)c1=O)[C@@H](c1cccc3ccccc13)[C@@H]1C(=O)CCC=C1N2. The Balaban J connectivity index is 1.92. The van der Waals surface area contributed by atoms with E-state index in [-0.39, 0.29) is 17.0 Å². The van der Waals surface area contributed by atoms with Crippen LogP contribution in [0.1, 0.15) is 29.9 Å². The molecule has 29 heavy (non-hydrogen) atoms. The summed E-state index contributed by atoms with van der Waals surface area (Å²) in [5.41, 5.74) is 1.45. The second-order valence-electron chi connectivity index (χ2n) is 7.78. The molecule has 2 aliphatic rings. The molecule has 0 saturated heterocycles. The van der Waals surface area contributed by atoms with Gasteiger partial charge in [0.1, 0.15) is 11.6 Å². The fourth-order valence-electron chi connectivity index (χ4n) is 4.78. The van der Waals surface area contributed by atoms with E-state index in [1.807, 2.05) is 48.5 Å². The van der Waals surface area contributed by atoms with E-state index >= 15 is 0 Å². The maximum absolute atomic E-state index is 13.3. The number of nitrogens with one attached hydrogen (secondary N) is 1. The van der Waals surface area contributed by atoms with Gasteiger partial charge >= 0.3 is 5.69 Å². The summed E-state index contributed by atoms with van der Waals surface area (Å²) in [7, 11) is 3.14. The zero-order chi connectivity index (χ0) is 20.3. The number of fused-ring (bicyclic) bond motifs is 3. The van der Waals surface area contributed by atoms with Crippen LogP contribution in [0.4, 0.5) is 5.82 Å². The van der Waals surface area contributed by atoms with Crippen molar-refractivity contribution >= 4 is 22.4 Å². The van der Waals surface area contributed by atoms with Crippen molar-refractivity contribution in [1.29, 1.82) is 0 Å². The van der Waals surface area contributed by atoms with Gasteiger partial charge in [-0.15, -0.1) is 0 Å². The minimum atomic E-state index is -0.452. The van der Waals surface area contributed by atoms with Crippen LogP contribution in [0, 0.1) is 5.92 Å². The van der Waals surface area contributed by atoms with Gasteiger partial charge in [0, 0.05) is 32.1 Å². The van der Waals surface area contributed by atoms with Crippen molar-refractivity contribution in [2.24, 2.45) is 20.0 Å². The molecule has 5 rings (SSSR count). The average Bonchev–Trinajstić information content (AvgIpc) is 2.74. The Hall–Kier alpha value is -3.41. The lowest BCUT2D eigenvalue weighted by Gasteiger charge is -2.38. The molecule has 1 N–H and O–H groups in total. The van der Waals surface area contributed by atoms with Gasteiger partial charge in [-0.25, -0.2) is 4.79 Å². The molecule has 2 atom stereocenters. The Kier molecular flexibility index (Phi) is 3.84. The second kappa shape index (κ2) is 6.30. The molecule has 0 spiro atoms. The average molecular weight is 387 g/mol. The Morgan fingerprint density at radius 1 is 0.931 bits per heavy atom. The second-order valence-corrected chi connectivity index (χ2v) is 7.78. The Labute approximate surface area is 167 Å². The van der Waals surface area contributed by atoms with Crippen LogP contribution in [0.3, 0.4) is 0 Å². The molecule has 0 radical (unpaired) electrons. The first-order chi connectivity index (χ1) is 14.0. The minimum Gasteiger partial charge on any atom is -0.344 e. The summed E-state index contributed by atoms with van der Waals surface area (Å²) < 4.78 is 2.59. The van der Waals surface area contributed by atoms with E-state index in [4.69, 9.17) is 0 Å². The number of ketones is 1. The van der Waals surface area contributed by atoms with Crippen LogP contribution < -0.4 is 16.6 Å². The number of aromatic nitrogens is 2. The number of carbonyl (C=O) groups excluding carboxylic acids is 1. The van der Waals surface area contributed by atoms with Crippen molar-refractivity contribution in [1.82, 2.24) is 9.13 Å². The van der Waals surface area contributed by atoms with Gasteiger partial charge < -0.3 is 5.32 Å². The summed E-state index contributed by atoms with van der Waals surface area (Å²) in [4.78, 5) is 38.9. The minimum absolute atomic E-state index is 0.120. The van der Waals surface area contributed by atoms with Gasteiger partial charge in [0.2, 0.25) is 0 Å². The van der Waals surface area contributed by atoms with Gasteiger partial charge in [-0.1, -0.05) is 48.5 Å². The molecule has 3 aromatic rings. The maximum Gasteiger partial charge on any atom is 0.332 e. The molecule has 6 heteroatoms. The van der Waals surface area contributed by atoms with E-state index in [1.165, 1.54) is 11.6 Å². The quantitative estimate of drug-likeness (QED) is 0.697. The number of Topliss-reactive ketones (excluding diaryl/α,β-unsaturated/α-hetero) is 1. The molecule has 1 aliphatic carbocycles. The maximum atomic E-state index is 13.3. The van der Waals surface area contributed by atoms with Crippen LogP contribution in [0.15, 0.2) is 63.8 Å². The molecule has 6 nitrogen and oxygen atoms in total. The van der Waals surface area contributed by atoms with Gasteiger partial charge in [0.05, 0.1) is 11.5 Å². The number of rotatable bonds is 1. The molecule has 0 fully saturated rings. The van der Waals surface area contributed by atoms with Crippen molar-refractivity contribution in [3.8, 4) is 0 Å². The number of benzene rings is 2. The molecule has 0 amide bonds. The molecular formula is C23H21N3O3. The van der Waals surface area contributed by atoms with E-state index in [0.29, 0.717) is 24.2 Å². The molecule has 1 aliphatic heterocycles. The highest BCUT2D eigenvalue weighted by Crippen LogP contribution is 2.46. The number of hydrogen-bond acceptors (Lipinski definition) is 4. The highest BCUT2D eigenvalue weighted by molar-refractivity contribution is 5.92. The zero-order valence-corrected chi connectivity index (χ0v) is 16.3. The highest BCUT2D eigenvalue weighted by atomic mass is 16.2. The summed E-state index contributed by atoms with van der Waals surface area (Å²) in [6.07, 6.45) is 3.14. The molecule has 2 heterocycles. The van der Waals surface area contributed by atoms with E-state index in [2.05, 4.69) is 5.32 Å². The summed E-state index contributed by atoms with van der Waals surface area (Å²) >= 11 is 0. The molecule has 0 saturated carbocycles. The summed E-state index contributed by atoms with van der Waals surface area (Å²) in [6, 6.07) is 14.0. The first-order valence-corrected chi connectivity index (χ1v) is 9.76. The predicted octanol–water partition coefficient (Wildman–Crippen LogP) is 2.66. The topological polar surface area (TPSA) is 73.1 Å². The van der Waals surface area contributed by atoms with E-state index < -0.39 is 11.8 Å². The largest absolute Gasteiger partial charge is 0.344 e. The van der Waals surface area contributed by atoms with Crippen LogP contribution in [0.25, 0.3) is 10.8 Å². The Morgan fingerprint density at radius 3 is 2.52 bits per heavy atom. The third-order valence-electron chi connectivity index (χ3n) is 6.20. The van der Waals surface area contributed by atoms with Gasteiger partial charge in [-0.2, -0.15) is 0 Å². The van der Waals surface area contributed by atoms with Crippen molar-refractivity contribution in [2.75, 3.05) is 5.32 Å². The van der Waals surface area contributed by atoms with Crippen LogP contribution in [0.2, 0.25) is 0 Å². The van der Waals surface area contributed by atoms with Crippen LogP contribution in [-0.4, -0.2) is 14.9 Å². The number of nitrogens with zero attached hydrogens (tertiary/aromatic N) is 2. The van der Waals surface area contributed by atoms with E-state index in [9.17, 15) is 14.4 Å². The molecule has 1 aromatic heterocycles. The summed E-state index contributed by atoms with van der Waals surface area (Å²) in [6.45, 7) is 0.